The molecule has 1 aromatic rings. The molecule has 0 heterocycles. The lowest BCUT2D eigenvalue weighted by Crippen LogP contribution is -2.44. The first kappa shape index (κ1) is 14.2. The highest BCUT2D eigenvalue weighted by Gasteiger charge is 2.22. The van der Waals surface area contributed by atoms with E-state index in [0.717, 1.165) is 5.56 Å². The Kier molecular flexibility index (Phi) is 4.43. The van der Waals surface area contributed by atoms with Crippen LogP contribution in [0.5, 0.6) is 0 Å². The average Bonchev–Trinajstić information content (AvgIpc) is 2.25. The third-order valence-corrected chi connectivity index (χ3v) is 2.32. The normalized spacial score (nSPS) is 12.6. The van der Waals surface area contributed by atoms with Gasteiger partial charge in [-0.15, -0.1) is 0 Å². The summed E-state index contributed by atoms with van der Waals surface area (Å²) in [5.74, 6) is -1.38. The van der Waals surface area contributed by atoms with Gasteiger partial charge in [0.05, 0.1) is 6.07 Å². The Morgan fingerprint density at radius 1 is 1.39 bits per heavy atom. The summed E-state index contributed by atoms with van der Waals surface area (Å²) >= 11 is 0. The number of amides is 1. The second-order valence-corrected chi connectivity index (χ2v) is 5.25. The van der Waals surface area contributed by atoms with E-state index in [-0.39, 0.29) is 17.3 Å². The number of hydrogen-bond acceptors (Lipinski definition) is 2. The molecule has 18 heavy (non-hydrogen) atoms. The van der Waals surface area contributed by atoms with Crippen LogP contribution in [-0.2, 0) is 11.2 Å². The van der Waals surface area contributed by atoms with Gasteiger partial charge in [0.15, 0.2) is 0 Å². The number of carbonyl (C=O) groups excluding carboxylic acids is 1. The maximum Gasteiger partial charge on any atom is 0.238 e. The second kappa shape index (κ2) is 5.63. The van der Waals surface area contributed by atoms with Crippen LogP contribution in [0, 0.1) is 23.1 Å². The molecule has 0 saturated heterocycles. The molecule has 0 fully saturated rings. The highest BCUT2D eigenvalue weighted by atomic mass is 19.1. The van der Waals surface area contributed by atoms with Gasteiger partial charge >= 0.3 is 0 Å². The fraction of sp³-hybridized carbons (Fsp3) is 0.429. The number of benzene rings is 1. The van der Waals surface area contributed by atoms with Gasteiger partial charge in [-0.2, -0.15) is 5.26 Å². The van der Waals surface area contributed by atoms with Gasteiger partial charge in [-0.25, -0.2) is 4.39 Å². The molecule has 0 radical (unpaired) electrons. The summed E-state index contributed by atoms with van der Waals surface area (Å²) in [6.07, 6.45) is 0.290. The zero-order chi connectivity index (χ0) is 13.8. The molecule has 1 aromatic carbocycles. The molecule has 0 aliphatic heterocycles. The first-order valence-corrected chi connectivity index (χ1v) is 5.78. The molecule has 0 aliphatic carbocycles. The Bertz CT molecular complexity index is 454. The minimum absolute atomic E-state index is 0.290. The van der Waals surface area contributed by atoms with Crippen molar-refractivity contribution in [3.05, 3.63) is 35.6 Å². The van der Waals surface area contributed by atoms with Crippen molar-refractivity contribution < 1.29 is 9.18 Å². The molecule has 4 heteroatoms. The number of carbonyl (C=O) groups is 1. The van der Waals surface area contributed by atoms with Crippen molar-refractivity contribution in [2.45, 2.75) is 32.7 Å². The summed E-state index contributed by atoms with van der Waals surface area (Å²) in [4.78, 5) is 11.9. The van der Waals surface area contributed by atoms with Gasteiger partial charge < -0.3 is 5.32 Å². The topological polar surface area (TPSA) is 52.9 Å². The van der Waals surface area contributed by atoms with Gasteiger partial charge in [-0.1, -0.05) is 12.1 Å². The van der Waals surface area contributed by atoms with E-state index in [9.17, 15) is 9.18 Å². The van der Waals surface area contributed by atoms with E-state index in [1.807, 2.05) is 26.8 Å². The standard InChI is InChI=1S/C14H17FN2O/c1-14(2,3)17-13(18)11(9-16)8-10-4-6-12(15)7-5-10/h4-7,11H,8H2,1-3H3,(H,17,18). The van der Waals surface area contributed by atoms with Crippen LogP contribution in [0.25, 0.3) is 0 Å². The molecule has 0 aliphatic rings. The van der Waals surface area contributed by atoms with Crippen LogP contribution in [0.1, 0.15) is 26.3 Å². The third-order valence-electron chi connectivity index (χ3n) is 2.32. The lowest BCUT2D eigenvalue weighted by atomic mass is 9.98. The number of rotatable bonds is 3. The number of nitrogens with zero attached hydrogens (tertiary/aromatic N) is 1. The minimum Gasteiger partial charge on any atom is -0.350 e. The molecule has 3 nitrogen and oxygen atoms in total. The fourth-order valence-electron chi connectivity index (χ4n) is 1.51. The van der Waals surface area contributed by atoms with Crippen molar-refractivity contribution in [2.24, 2.45) is 5.92 Å². The smallest absolute Gasteiger partial charge is 0.238 e. The molecule has 1 atom stereocenters. The third kappa shape index (κ3) is 4.54. The van der Waals surface area contributed by atoms with E-state index in [2.05, 4.69) is 5.32 Å². The van der Waals surface area contributed by atoms with Crippen LogP contribution in [0.2, 0.25) is 0 Å². The van der Waals surface area contributed by atoms with Gasteiger partial charge in [0.1, 0.15) is 11.7 Å². The number of hydrogen-bond donors (Lipinski definition) is 1. The van der Waals surface area contributed by atoms with E-state index in [1.165, 1.54) is 12.1 Å². The van der Waals surface area contributed by atoms with Crippen molar-refractivity contribution in [1.29, 1.82) is 5.26 Å². The predicted octanol–water partition coefficient (Wildman–Crippen LogP) is 2.42. The molecule has 1 amide bonds. The van der Waals surface area contributed by atoms with Crippen LogP contribution in [-0.4, -0.2) is 11.4 Å². The fourth-order valence-corrected chi connectivity index (χ4v) is 1.51. The van der Waals surface area contributed by atoms with Gasteiger partial charge in [-0.3, -0.25) is 4.79 Å². The van der Waals surface area contributed by atoms with Crippen LogP contribution < -0.4 is 5.32 Å². The average molecular weight is 248 g/mol. The SMILES string of the molecule is CC(C)(C)NC(=O)C(C#N)Cc1ccc(F)cc1. The highest BCUT2D eigenvalue weighted by molar-refractivity contribution is 5.82. The number of nitrogens with one attached hydrogen (secondary N) is 1. The van der Waals surface area contributed by atoms with Crippen molar-refractivity contribution in [1.82, 2.24) is 5.32 Å². The van der Waals surface area contributed by atoms with E-state index >= 15 is 0 Å². The lowest BCUT2D eigenvalue weighted by molar-refractivity contribution is -0.124. The summed E-state index contributed by atoms with van der Waals surface area (Å²) < 4.78 is 12.7. The van der Waals surface area contributed by atoms with Crippen LogP contribution >= 0.6 is 0 Å². The highest BCUT2D eigenvalue weighted by Crippen LogP contribution is 2.11. The van der Waals surface area contributed by atoms with Crippen LogP contribution in [0.3, 0.4) is 0 Å². The van der Waals surface area contributed by atoms with Crippen molar-refractivity contribution >= 4 is 5.91 Å². The van der Waals surface area contributed by atoms with Crippen molar-refractivity contribution in [2.75, 3.05) is 0 Å². The summed E-state index contributed by atoms with van der Waals surface area (Å²) in [6.45, 7) is 5.58. The summed E-state index contributed by atoms with van der Waals surface area (Å²) in [5.41, 5.74) is 0.404. The monoisotopic (exact) mass is 248 g/mol. The van der Waals surface area contributed by atoms with Crippen molar-refractivity contribution in [3.63, 3.8) is 0 Å². The van der Waals surface area contributed by atoms with E-state index in [1.54, 1.807) is 12.1 Å². The quantitative estimate of drug-likeness (QED) is 0.893. The molecule has 1 rings (SSSR count). The summed E-state index contributed by atoms with van der Waals surface area (Å²) in [6, 6.07) is 7.81. The van der Waals surface area contributed by atoms with Gasteiger partial charge in [0.25, 0.3) is 0 Å². The second-order valence-electron chi connectivity index (χ2n) is 5.25. The molecule has 0 bridgehead atoms. The Morgan fingerprint density at radius 2 is 1.94 bits per heavy atom. The zero-order valence-electron chi connectivity index (χ0n) is 10.8. The van der Waals surface area contributed by atoms with E-state index < -0.39 is 5.92 Å². The molecule has 1 unspecified atom stereocenters. The number of halogens is 1. The Balaban J connectivity index is 2.71. The van der Waals surface area contributed by atoms with Gasteiger partial charge in [-0.05, 0) is 44.9 Å². The first-order valence-electron chi connectivity index (χ1n) is 5.78. The summed E-state index contributed by atoms with van der Waals surface area (Å²) in [7, 11) is 0. The predicted molar refractivity (Wildman–Crippen MR) is 67.1 cm³/mol. The molecule has 0 spiro atoms. The molecular formula is C14H17FN2O. The van der Waals surface area contributed by atoms with Crippen molar-refractivity contribution in [3.8, 4) is 6.07 Å². The maximum absolute atomic E-state index is 12.7. The van der Waals surface area contributed by atoms with E-state index in [4.69, 9.17) is 5.26 Å². The first-order chi connectivity index (χ1) is 8.31. The zero-order valence-corrected chi connectivity index (χ0v) is 10.8. The Hall–Kier alpha value is -1.89. The van der Waals surface area contributed by atoms with E-state index in [0.29, 0.717) is 6.42 Å². The Morgan fingerprint density at radius 3 is 2.39 bits per heavy atom. The van der Waals surface area contributed by atoms with Gasteiger partial charge in [0.2, 0.25) is 5.91 Å². The lowest BCUT2D eigenvalue weighted by Gasteiger charge is -2.22. The number of nitriles is 1. The van der Waals surface area contributed by atoms with Crippen LogP contribution in [0.4, 0.5) is 4.39 Å². The molecule has 0 saturated carbocycles. The minimum atomic E-state index is -0.755. The Labute approximate surface area is 107 Å². The molecular weight excluding hydrogens is 231 g/mol. The summed E-state index contributed by atoms with van der Waals surface area (Å²) in [5, 5.41) is 11.8. The molecule has 96 valence electrons. The molecule has 0 aromatic heterocycles. The largest absolute Gasteiger partial charge is 0.350 e. The maximum atomic E-state index is 12.7. The van der Waals surface area contributed by atoms with Crippen LogP contribution in [0.15, 0.2) is 24.3 Å². The van der Waals surface area contributed by atoms with Gasteiger partial charge in [0, 0.05) is 5.54 Å². The molecule has 1 N–H and O–H groups in total.